The molecule has 10 heteroatoms. The smallest absolute Gasteiger partial charge is 0.255 e. The minimum Gasteiger partial charge on any atom is -0.383 e. The van der Waals surface area contributed by atoms with E-state index in [0.717, 1.165) is 58.9 Å². The second-order valence-corrected chi connectivity index (χ2v) is 10.9. The van der Waals surface area contributed by atoms with Gasteiger partial charge in [0.2, 0.25) is 0 Å². The first kappa shape index (κ1) is 27.9. The van der Waals surface area contributed by atoms with Gasteiger partial charge in [0.1, 0.15) is 17.4 Å². The molecule has 2 N–H and O–H groups in total. The number of anilines is 1. The quantitative estimate of drug-likeness (QED) is 0.288. The summed E-state index contributed by atoms with van der Waals surface area (Å²) in [7, 11) is 0. The van der Waals surface area contributed by atoms with Crippen LogP contribution in [-0.4, -0.2) is 66.4 Å². The molecule has 0 bridgehead atoms. The zero-order valence-electron chi connectivity index (χ0n) is 24.4. The summed E-state index contributed by atoms with van der Waals surface area (Å²) in [6, 6.07) is 29.9. The third-order valence-electron chi connectivity index (χ3n) is 8.03. The molecule has 1 aliphatic heterocycles. The summed E-state index contributed by atoms with van der Waals surface area (Å²) >= 11 is 0. The van der Waals surface area contributed by atoms with Crippen LogP contribution in [0.15, 0.2) is 104 Å². The Hall–Kier alpha value is -5.92. The van der Waals surface area contributed by atoms with Gasteiger partial charge >= 0.3 is 0 Å². The maximum atomic E-state index is 13.0. The van der Waals surface area contributed by atoms with E-state index in [0.29, 0.717) is 35.9 Å². The third-order valence-corrected chi connectivity index (χ3v) is 8.03. The molecule has 0 radical (unpaired) electrons. The second kappa shape index (κ2) is 12.0. The fraction of sp³-hybridized carbons (Fsp3) is 0.143. The lowest BCUT2D eigenvalue weighted by Crippen LogP contribution is -2.48. The lowest BCUT2D eigenvalue weighted by molar-refractivity contribution is 0.0628. The summed E-state index contributed by atoms with van der Waals surface area (Å²) in [6.07, 6.45) is 4.65. The van der Waals surface area contributed by atoms with E-state index in [-0.39, 0.29) is 5.91 Å². The van der Waals surface area contributed by atoms with Crippen molar-refractivity contribution in [2.75, 3.05) is 31.9 Å². The fourth-order valence-electron chi connectivity index (χ4n) is 5.68. The van der Waals surface area contributed by atoms with Crippen LogP contribution in [0.3, 0.4) is 0 Å². The highest BCUT2D eigenvalue weighted by atomic mass is 16.2. The molecule has 0 atom stereocenters. The molecule has 2 aromatic carbocycles. The van der Waals surface area contributed by atoms with Crippen molar-refractivity contribution in [1.29, 1.82) is 5.26 Å². The first-order valence-electron chi connectivity index (χ1n) is 14.7. The van der Waals surface area contributed by atoms with Crippen LogP contribution in [-0.2, 0) is 6.54 Å². The number of carbonyl (C=O) groups excluding carboxylic acids is 1. The Morgan fingerprint density at radius 3 is 2.44 bits per heavy atom. The van der Waals surface area contributed by atoms with Crippen molar-refractivity contribution in [2.45, 2.75) is 6.54 Å². The van der Waals surface area contributed by atoms with Gasteiger partial charge < -0.3 is 10.6 Å². The Balaban J connectivity index is 1.13. The Labute approximate surface area is 260 Å². The molecule has 1 aliphatic rings. The van der Waals surface area contributed by atoms with Crippen molar-refractivity contribution in [1.82, 2.24) is 34.3 Å². The van der Waals surface area contributed by atoms with Crippen LogP contribution in [0, 0.1) is 11.3 Å². The van der Waals surface area contributed by atoms with Crippen LogP contribution < -0.4 is 5.73 Å². The monoisotopic (exact) mass is 591 g/mol. The number of benzene rings is 2. The van der Waals surface area contributed by atoms with Crippen molar-refractivity contribution >= 4 is 22.9 Å². The summed E-state index contributed by atoms with van der Waals surface area (Å²) in [5.41, 5.74) is 13.3. The van der Waals surface area contributed by atoms with Crippen LogP contribution in [0.5, 0.6) is 0 Å². The van der Waals surface area contributed by atoms with Crippen molar-refractivity contribution in [3.8, 4) is 34.4 Å². The third kappa shape index (κ3) is 5.60. The molecule has 5 heterocycles. The second-order valence-electron chi connectivity index (χ2n) is 10.9. The number of carbonyl (C=O) groups is 1. The van der Waals surface area contributed by atoms with E-state index in [1.807, 2.05) is 70.1 Å². The van der Waals surface area contributed by atoms with E-state index in [4.69, 9.17) is 21.0 Å². The van der Waals surface area contributed by atoms with Crippen LogP contribution in [0.25, 0.3) is 39.5 Å². The lowest BCUT2D eigenvalue weighted by atomic mass is 10.1. The maximum Gasteiger partial charge on any atom is 0.255 e. The van der Waals surface area contributed by atoms with Gasteiger partial charge in [-0.15, -0.1) is 0 Å². The molecule has 10 nitrogen and oxygen atoms in total. The summed E-state index contributed by atoms with van der Waals surface area (Å²) in [6.45, 7) is 3.49. The van der Waals surface area contributed by atoms with Crippen LogP contribution in [0.4, 0.5) is 5.82 Å². The first-order chi connectivity index (χ1) is 22.1. The molecule has 0 unspecified atom stereocenters. The first-order valence-corrected chi connectivity index (χ1v) is 14.7. The summed E-state index contributed by atoms with van der Waals surface area (Å²) < 4.78 is 2.04. The molecular weight excluding hydrogens is 562 g/mol. The number of nitrogens with zero attached hydrogens (tertiary/aromatic N) is 8. The zero-order chi connectivity index (χ0) is 30.8. The summed E-state index contributed by atoms with van der Waals surface area (Å²) in [4.78, 5) is 35.4. The molecular formula is C35H29N9O. The predicted molar refractivity (Wildman–Crippen MR) is 172 cm³/mol. The van der Waals surface area contributed by atoms with E-state index in [1.165, 1.54) is 12.4 Å². The van der Waals surface area contributed by atoms with Crippen molar-refractivity contribution < 1.29 is 4.79 Å². The molecule has 0 spiro atoms. The Bertz CT molecular complexity index is 2040. The average Bonchev–Trinajstić information content (AvgIpc) is 3.48. The predicted octanol–water partition coefficient (Wildman–Crippen LogP) is 4.96. The summed E-state index contributed by atoms with van der Waals surface area (Å²) in [5, 5.41) is 9.14. The topological polar surface area (TPSA) is 130 Å². The van der Waals surface area contributed by atoms with E-state index < -0.39 is 0 Å². The number of amides is 1. The van der Waals surface area contributed by atoms with Gasteiger partial charge in [0.05, 0.1) is 22.4 Å². The van der Waals surface area contributed by atoms with Gasteiger partial charge in [0.15, 0.2) is 11.5 Å². The number of imidazole rings is 1. The maximum absolute atomic E-state index is 13.0. The number of piperazine rings is 1. The van der Waals surface area contributed by atoms with Gasteiger partial charge in [-0.25, -0.2) is 15.0 Å². The Morgan fingerprint density at radius 1 is 0.889 bits per heavy atom. The number of fused-ring (bicyclic) bond motifs is 1. The highest BCUT2D eigenvalue weighted by molar-refractivity contribution is 5.94. The van der Waals surface area contributed by atoms with E-state index in [2.05, 4.69) is 39.1 Å². The molecule has 1 fully saturated rings. The van der Waals surface area contributed by atoms with Gasteiger partial charge in [-0.1, -0.05) is 42.5 Å². The number of rotatable bonds is 6. The molecule has 220 valence electrons. The largest absolute Gasteiger partial charge is 0.383 e. The minimum absolute atomic E-state index is 0.0924. The normalized spacial score (nSPS) is 13.5. The number of aromatic nitrogens is 5. The van der Waals surface area contributed by atoms with Crippen LogP contribution in [0.1, 0.15) is 21.5 Å². The SMILES string of the molecule is N#Cc1cncc(C(=O)N2CCN(Cc3ccc(-n4c(-c5cccnc5N)nc5ccc(-c6ccccc6)nc54)cc3)CC2)c1. The Kier molecular flexibility index (Phi) is 7.43. The lowest BCUT2D eigenvalue weighted by Gasteiger charge is -2.34. The Morgan fingerprint density at radius 2 is 1.69 bits per heavy atom. The molecule has 45 heavy (non-hydrogen) atoms. The highest BCUT2D eigenvalue weighted by Gasteiger charge is 2.23. The van der Waals surface area contributed by atoms with Crippen molar-refractivity contribution in [3.63, 3.8) is 0 Å². The number of nitrogen functional groups attached to an aromatic ring is 1. The van der Waals surface area contributed by atoms with Crippen molar-refractivity contribution in [2.24, 2.45) is 0 Å². The zero-order valence-corrected chi connectivity index (χ0v) is 24.4. The van der Waals surface area contributed by atoms with Crippen LogP contribution in [0.2, 0.25) is 0 Å². The molecule has 1 saturated heterocycles. The van der Waals surface area contributed by atoms with Crippen molar-refractivity contribution in [3.05, 3.63) is 120 Å². The number of hydrogen-bond acceptors (Lipinski definition) is 8. The van der Waals surface area contributed by atoms with Crippen LogP contribution >= 0.6 is 0 Å². The van der Waals surface area contributed by atoms with Gasteiger partial charge in [-0.3, -0.25) is 19.2 Å². The number of pyridine rings is 3. The molecule has 0 aliphatic carbocycles. The average molecular weight is 592 g/mol. The minimum atomic E-state index is -0.0924. The standard InChI is InChI=1S/C35H29N9O/c36-20-25-19-27(22-38-21-25)35(45)43-17-15-42(16-18-43)23-24-8-10-28(11-9-24)44-33(29-7-4-14-39-32(29)37)41-31-13-12-30(40-34(31)44)26-5-2-1-3-6-26/h1-14,19,21-22H,15-18,23H2,(H2,37,39). The van der Waals surface area contributed by atoms with E-state index >= 15 is 0 Å². The van der Waals surface area contributed by atoms with Gasteiger partial charge in [-0.2, -0.15) is 5.26 Å². The molecule has 1 amide bonds. The fourth-order valence-corrected chi connectivity index (χ4v) is 5.68. The summed E-state index contributed by atoms with van der Waals surface area (Å²) in [5.74, 6) is 0.989. The molecule has 4 aromatic heterocycles. The molecule has 0 saturated carbocycles. The molecule has 6 aromatic rings. The molecule has 7 rings (SSSR count). The highest BCUT2D eigenvalue weighted by Crippen LogP contribution is 2.32. The van der Waals surface area contributed by atoms with Gasteiger partial charge in [0, 0.05) is 62.6 Å². The van der Waals surface area contributed by atoms with E-state index in [1.54, 1.807) is 12.3 Å². The van der Waals surface area contributed by atoms with Gasteiger partial charge in [0.25, 0.3) is 5.91 Å². The number of nitrogens with two attached hydrogens (primary N) is 1. The number of hydrogen-bond donors (Lipinski definition) is 1. The van der Waals surface area contributed by atoms with E-state index in [9.17, 15) is 4.79 Å². The number of nitriles is 1. The van der Waals surface area contributed by atoms with Gasteiger partial charge in [-0.05, 0) is 48.0 Å².